The predicted molar refractivity (Wildman–Crippen MR) is 84.9 cm³/mol. The monoisotopic (exact) mass is 306 g/mol. The summed E-state index contributed by atoms with van der Waals surface area (Å²) in [5.74, 6) is 0.987. The molecular weight excluding hydrogens is 280 g/mol. The Hall–Kier alpha value is -1.62. The van der Waals surface area contributed by atoms with Crippen molar-refractivity contribution < 1.29 is 14.3 Å². The molecule has 5 nitrogen and oxygen atoms in total. The maximum atomic E-state index is 12.2. The van der Waals surface area contributed by atoms with Crippen LogP contribution in [0.3, 0.4) is 0 Å². The van der Waals surface area contributed by atoms with Gasteiger partial charge in [0.25, 0.3) is 0 Å². The molecule has 1 aliphatic heterocycles. The molecule has 0 aliphatic carbocycles. The lowest BCUT2D eigenvalue weighted by molar-refractivity contribution is -0.131. The van der Waals surface area contributed by atoms with Gasteiger partial charge in [0.2, 0.25) is 5.91 Å². The molecule has 1 amide bonds. The Morgan fingerprint density at radius 3 is 2.91 bits per heavy atom. The highest BCUT2D eigenvalue weighted by molar-refractivity contribution is 5.75. The van der Waals surface area contributed by atoms with Crippen molar-refractivity contribution in [1.29, 1.82) is 0 Å². The Bertz CT molecular complexity index is 525. The van der Waals surface area contributed by atoms with E-state index in [1.165, 1.54) is 0 Å². The van der Waals surface area contributed by atoms with Crippen molar-refractivity contribution in [2.45, 2.75) is 52.2 Å². The van der Waals surface area contributed by atoms with Crippen molar-refractivity contribution in [2.24, 2.45) is 0 Å². The minimum absolute atomic E-state index is 0.135. The van der Waals surface area contributed by atoms with E-state index in [9.17, 15) is 4.79 Å². The number of hydrogen-bond acceptors (Lipinski definition) is 4. The molecule has 0 aromatic carbocycles. The van der Waals surface area contributed by atoms with E-state index in [1.54, 1.807) is 18.2 Å². The van der Waals surface area contributed by atoms with Crippen LogP contribution in [0.1, 0.15) is 42.5 Å². The number of amides is 1. The van der Waals surface area contributed by atoms with Gasteiger partial charge in [-0.05, 0) is 33.1 Å². The number of carbonyl (C=O) groups is 1. The van der Waals surface area contributed by atoms with Crippen LogP contribution in [0, 0.1) is 13.8 Å². The van der Waals surface area contributed by atoms with Crippen LogP contribution in [0.5, 0.6) is 5.75 Å². The van der Waals surface area contributed by atoms with Crippen molar-refractivity contribution in [3.8, 4) is 5.75 Å². The first-order valence-corrected chi connectivity index (χ1v) is 7.87. The average molecular weight is 306 g/mol. The van der Waals surface area contributed by atoms with E-state index in [4.69, 9.17) is 9.47 Å². The van der Waals surface area contributed by atoms with Crippen LogP contribution >= 0.6 is 0 Å². The van der Waals surface area contributed by atoms with Gasteiger partial charge in [-0.15, -0.1) is 0 Å². The topological polar surface area (TPSA) is 51.7 Å². The molecule has 5 heteroatoms. The molecule has 1 saturated heterocycles. The fraction of sp³-hybridized carbons (Fsp3) is 0.647. The summed E-state index contributed by atoms with van der Waals surface area (Å²) in [6.45, 7) is 5.30. The number of rotatable bonds is 6. The van der Waals surface area contributed by atoms with Gasteiger partial charge in [0.15, 0.2) is 0 Å². The molecule has 1 fully saturated rings. The van der Waals surface area contributed by atoms with Gasteiger partial charge in [0, 0.05) is 37.4 Å². The molecule has 1 aliphatic rings. The predicted octanol–water partition coefficient (Wildman–Crippen LogP) is 2.62. The summed E-state index contributed by atoms with van der Waals surface area (Å²) in [6, 6.07) is 0. The minimum Gasteiger partial charge on any atom is -0.496 e. The summed E-state index contributed by atoms with van der Waals surface area (Å²) in [6.07, 6.45) is 5.59. The second kappa shape index (κ2) is 7.58. The summed E-state index contributed by atoms with van der Waals surface area (Å²) < 4.78 is 11.0. The van der Waals surface area contributed by atoms with Gasteiger partial charge in [-0.3, -0.25) is 9.78 Å². The van der Waals surface area contributed by atoms with Crippen molar-refractivity contribution in [2.75, 3.05) is 20.8 Å². The summed E-state index contributed by atoms with van der Waals surface area (Å²) in [4.78, 5) is 18.4. The highest BCUT2D eigenvalue weighted by atomic mass is 16.5. The molecule has 122 valence electrons. The number of hydrogen-bond donors (Lipinski definition) is 0. The van der Waals surface area contributed by atoms with E-state index < -0.39 is 0 Å². The standard InChI is InChI=1S/C17H26N2O3/c1-12-10-18-15(13(2)17(12)21-4)11-19(3)16(20)8-7-14-6-5-9-22-14/h10,14H,5-9,11H2,1-4H3. The van der Waals surface area contributed by atoms with Crippen molar-refractivity contribution >= 4 is 5.91 Å². The van der Waals surface area contributed by atoms with Crippen LogP contribution in [-0.4, -0.2) is 42.7 Å². The molecule has 1 atom stereocenters. The van der Waals surface area contributed by atoms with E-state index in [0.717, 1.165) is 48.4 Å². The maximum absolute atomic E-state index is 12.2. The van der Waals surface area contributed by atoms with Crippen molar-refractivity contribution in [1.82, 2.24) is 9.88 Å². The average Bonchev–Trinajstić information content (AvgIpc) is 3.01. The number of nitrogens with zero attached hydrogens (tertiary/aromatic N) is 2. The summed E-state index contributed by atoms with van der Waals surface area (Å²) in [5, 5.41) is 0. The van der Waals surface area contributed by atoms with Crippen LogP contribution in [-0.2, 0) is 16.1 Å². The molecule has 1 aromatic rings. The van der Waals surface area contributed by atoms with Gasteiger partial charge in [-0.2, -0.15) is 0 Å². The summed E-state index contributed by atoms with van der Waals surface area (Å²) >= 11 is 0. The molecule has 0 bridgehead atoms. The first-order valence-electron chi connectivity index (χ1n) is 7.87. The second-order valence-electron chi connectivity index (χ2n) is 5.97. The molecule has 1 unspecified atom stereocenters. The Kier molecular flexibility index (Phi) is 5.77. The van der Waals surface area contributed by atoms with Crippen molar-refractivity contribution in [3.05, 3.63) is 23.0 Å². The van der Waals surface area contributed by atoms with E-state index in [0.29, 0.717) is 13.0 Å². The third-order valence-electron chi connectivity index (χ3n) is 4.27. The van der Waals surface area contributed by atoms with E-state index in [-0.39, 0.29) is 12.0 Å². The van der Waals surface area contributed by atoms with Crippen LogP contribution in [0.2, 0.25) is 0 Å². The number of carbonyl (C=O) groups excluding carboxylic acids is 1. The lowest BCUT2D eigenvalue weighted by atomic mass is 10.1. The molecule has 22 heavy (non-hydrogen) atoms. The molecule has 2 rings (SSSR count). The molecule has 0 spiro atoms. The lowest BCUT2D eigenvalue weighted by Gasteiger charge is -2.20. The number of methoxy groups -OCH3 is 1. The molecule has 0 N–H and O–H groups in total. The quantitative estimate of drug-likeness (QED) is 0.810. The van der Waals surface area contributed by atoms with Gasteiger partial charge < -0.3 is 14.4 Å². The van der Waals surface area contributed by atoms with Gasteiger partial charge in [-0.1, -0.05) is 0 Å². The highest BCUT2D eigenvalue weighted by Gasteiger charge is 2.19. The zero-order chi connectivity index (χ0) is 16.1. The van der Waals surface area contributed by atoms with Gasteiger partial charge in [0.1, 0.15) is 5.75 Å². The van der Waals surface area contributed by atoms with E-state index in [1.807, 2.05) is 20.9 Å². The third kappa shape index (κ3) is 3.97. The Balaban J connectivity index is 1.93. The first kappa shape index (κ1) is 16.7. The van der Waals surface area contributed by atoms with Crippen LogP contribution < -0.4 is 4.74 Å². The first-order chi connectivity index (χ1) is 10.5. The van der Waals surface area contributed by atoms with Crippen LogP contribution in [0.15, 0.2) is 6.20 Å². The van der Waals surface area contributed by atoms with Crippen molar-refractivity contribution in [3.63, 3.8) is 0 Å². The minimum atomic E-state index is 0.135. The van der Waals surface area contributed by atoms with Gasteiger partial charge >= 0.3 is 0 Å². The number of aromatic nitrogens is 1. The zero-order valence-corrected chi connectivity index (χ0v) is 14.0. The van der Waals surface area contributed by atoms with E-state index >= 15 is 0 Å². The smallest absolute Gasteiger partial charge is 0.222 e. The maximum Gasteiger partial charge on any atom is 0.222 e. The molecule has 2 heterocycles. The Morgan fingerprint density at radius 1 is 1.50 bits per heavy atom. The zero-order valence-electron chi connectivity index (χ0n) is 14.0. The van der Waals surface area contributed by atoms with E-state index in [2.05, 4.69) is 4.98 Å². The molecular formula is C17H26N2O3. The van der Waals surface area contributed by atoms with Gasteiger partial charge in [0.05, 0.1) is 25.5 Å². The molecule has 1 aromatic heterocycles. The Morgan fingerprint density at radius 2 is 2.27 bits per heavy atom. The summed E-state index contributed by atoms with van der Waals surface area (Å²) in [5.41, 5.74) is 2.90. The van der Waals surface area contributed by atoms with Gasteiger partial charge in [-0.25, -0.2) is 0 Å². The number of ether oxygens (including phenoxy) is 2. The summed E-state index contributed by atoms with van der Waals surface area (Å²) in [7, 11) is 3.49. The fourth-order valence-corrected chi connectivity index (χ4v) is 2.89. The highest BCUT2D eigenvalue weighted by Crippen LogP contribution is 2.25. The third-order valence-corrected chi connectivity index (χ3v) is 4.27. The lowest BCUT2D eigenvalue weighted by Crippen LogP contribution is -2.27. The Labute approximate surface area is 132 Å². The number of pyridine rings is 1. The fourth-order valence-electron chi connectivity index (χ4n) is 2.89. The van der Waals surface area contributed by atoms with Crippen LogP contribution in [0.25, 0.3) is 0 Å². The van der Waals surface area contributed by atoms with Crippen LogP contribution in [0.4, 0.5) is 0 Å². The largest absolute Gasteiger partial charge is 0.496 e. The second-order valence-corrected chi connectivity index (χ2v) is 5.97. The molecule has 0 saturated carbocycles. The molecule has 0 radical (unpaired) electrons. The number of aryl methyl sites for hydroxylation is 1. The normalized spacial score (nSPS) is 17.5. The SMILES string of the molecule is COc1c(C)cnc(CN(C)C(=O)CCC2CCCO2)c1C.